The molecule has 0 amide bonds. The second-order valence-electron chi connectivity index (χ2n) is 7.51. The lowest BCUT2D eigenvalue weighted by molar-refractivity contribution is 0.421. The van der Waals surface area contributed by atoms with Crippen LogP contribution < -0.4 is 11.2 Å². The zero-order valence-corrected chi connectivity index (χ0v) is 20.0. The first-order chi connectivity index (χ1) is 15.4. The van der Waals surface area contributed by atoms with E-state index >= 15 is 0 Å². The van der Waals surface area contributed by atoms with Gasteiger partial charge in [0.1, 0.15) is 4.88 Å². The van der Waals surface area contributed by atoms with Gasteiger partial charge in [-0.2, -0.15) is 9.97 Å². The Morgan fingerprint density at radius 2 is 1.91 bits per heavy atom. The fourth-order valence-electron chi connectivity index (χ4n) is 3.43. The van der Waals surface area contributed by atoms with Crippen molar-refractivity contribution in [3.05, 3.63) is 47.9 Å². The Kier molecular flexibility index (Phi) is 6.82. The fourth-order valence-corrected chi connectivity index (χ4v) is 4.80. The van der Waals surface area contributed by atoms with Gasteiger partial charge in [0.25, 0.3) is 11.4 Å². The summed E-state index contributed by atoms with van der Waals surface area (Å²) < 4.78 is 8.09. The molecule has 0 radical (unpaired) electrons. The molecule has 4 rings (SSSR count). The number of hydrogen-bond acceptors (Lipinski definition) is 7. The van der Waals surface area contributed by atoms with Gasteiger partial charge in [0, 0.05) is 19.5 Å². The molecule has 0 bridgehead atoms. The number of thiophene rings is 1. The van der Waals surface area contributed by atoms with Crippen molar-refractivity contribution in [3.63, 3.8) is 0 Å². The molecule has 0 saturated heterocycles. The zero-order valence-electron chi connectivity index (χ0n) is 17.7. The van der Waals surface area contributed by atoms with Crippen LogP contribution in [0.3, 0.4) is 0 Å². The molecule has 0 atom stereocenters. The van der Waals surface area contributed by atoms with Crippen LogP contribution in [0.2, 0.25) is 10.3 Å². The number of aromatic amines is 1. The molecular formula is C20H22Cl2N6O3S. The van der Waals surface area contributed by atoms with Gasteiger partial charge in [-0.15, -0.1) is 11.3 Å². The van der Waals surface area contributed by atoms with E-state index in [-0.39, 0.29) is 23.0 Å². The minimum absolute atomic E-state index is 0.0912. The van der Waals surface area contributed by atoms with Crippen LogP contribution in [0.1, 0.15) is 44.0 Å². The highest BCUT2D eigenvalue weighted by atomic mass is 35.5. The van der Waals surface area contributed by atoms with E-state index in [0.29, 0.717) is 48.2 Å². The van der Waals surface area contributed by atoms with Crippen molar-refractivity contribution in [1.82, 2.24) is 29.2 Å². The van der Waals surface area contributed by atoms with Crippen molar-refractivity contribution in [1.29, 1.82) is 0 Å². The van der Waals surface area contributed by atoms with Crippen LogP contribution in [0.15, 0.2) is 19.5 Å². The van der Waals surface area contributed by atoms with Crippen molar-refractivity contribution in [2.45, 2.75) is 59.0 Å². The number of halogens is 2. The summed E-state index contributed by atoms with van der Waals surface area (Å²) in [5.41, 5.74) is 0.732. The summed E-state index contributed by atoms with van der Waals surface area (Å²) in [6.45, 7) is 4.71. The smallest absolute Gasteiger partial charge is 0.332 e. The van der Waals surface area contributed by atoms with E-state index < -0.39 is 5.56 Å². The van der Waals surface area contributed by atoms with E-state index in [2.05, 4.69) is 20.1 Å². The average molecular weight is 497 g/mol. The maximum Gasteiger partial charge on any atom is 0.332 e. The molecule has 0 aromatic carbocycles. The van der Waals surface area contributed by atoms with E-state index in [1.165, 1.54) is 20.5 Å². The van der Waals surface area contributed by atoms with Crippen molar-refractivity contribution >= 4 is 45.7 Å². The number of unbranched alkanes of at least 4 members (excludes halogenated alkanes) is 2. The lowest BCUT2D eigenvalue weighted by atomic mass is 10.2. The average Bonchev–Trinajstić information content (AvgIpc) is 3.47. The molecule has 0 saturated carbocycles. The molecular weight excluding hydrogens is 475 g/mol. The first-order valence-corrected chi connectivity index (χ1v) is 12.0. The van der Waals surface area contributed by atoms with Gasteiger partial charge in [0.15, 0.2) is 17.0 Å². The minimum atomic E-state index is -0.415. The highest BCUT2D eigenvalue weighted by Gasteiger charge is 2.18. The van der Waals surface area contributed by atoms with Gasteiger partial charge >= 0.3 is 5.69 Å². The lowest BCUT2D eigenvalue weighted by Gasteiger charge is -2.10. The summed E-state index contributed by atoms with van der Waals surface area (Å²) in [6, 6.07) is 0. The molecule has 9 nitrogen and oxygen atoms in total. The van der Waals surface area contributed by atoms with E-state index in [1.54, 1.807) is 0 Å². The predicted octanol–water partition coefficient (Wildman–Crippen LogP) is 4.44. The molecule has 0 fully saturated rings. The third-order valence-electron chi connectivity index (χ3n) is 5.16. The standard InChI is InChI=1S/C20H22Cl2N6O3S/c1-3-4-8-27-16-14(24-19(22)25-16)18(29)28(20(27)30)9-6-5-7-12-23-17(31-26-12)15-13(21)11(2)10-32-15/h10H,3-9H2,1-2H3,(H,24,25). The molecule has 0 aliphatic rings. The van der Waals surface area contributed by atoms with Crippen molar-refractivity contribution < 1.29 is 4.52 Å². The van der Waals surface area contributed by atoms with Crippen LogP contribution in [0, 0.1) is 6.92 Å². The van der Waals surface area contributed by atoms with Crippen LogP contribution in [0.25, 0.3) is 21.9 Å². The van der Waals surface area contributed by atoms with Gasteiger partial charge in [-0.3, -0.25) is 13.9 Å². The summed E-state index contributed by atoms with van der Waals surface area (Å²) >= 11 is 13.7. The van der Waals surface area contributed by atoms with Gasteiger partial charge in [0.2, 0.25) is 5.28 Å². The zero-order chi connectivity index (χ0) is 22.8. The largest absolute Gasteiger partial charge is 0.333 e. The van der Waals surface area contributed by atoms with Crippen LogP contribution in [-0.2, 0) is 19.5 Å². The number of hydrogen-bond donors (Lipinski definition) is 1. The fraction of sp³-hybridized carbons (Fsp3) is 0.450. The lowest BCUT2D eigenvalue weighted by Crippen LogP contribution is -2.40. The number of aromatic nitrogens is 6. The Morgan fingerprint density at radius 1 is 1.12 bits per heavy atom. The van der Waals surface area contributed by atoms with E-state index in [4.69, 9.17) is 27.7 Å². The Morgan fingerprint density at radius 3 is 2.62 bits per heavy atom. The molecule has 32 heavy (non-hydrogen) atoms. The van der Waals surface area contributed by atoms with Crippen molar-refractivity contribution in [2.75, 3.05) is 0 Å². The van der Waals surface area contributed by atoms with Crippen LogP contribution in [-0.4, -0.2) is 29.2 Å². The molecule has 0 aliphatic carbocycles. The SMILES string of the molecule is CCCCn1c(=O)n(CCCCc2noc(-c3scc(C)c3Cl)n2)c(=O)c2[nH]c(Cl)nc21. The first kappa shape index (κ1) is 22.8. The number of rotatable bonds is 9. The number of nitrogens with zero attached hydrogens (tertiary/aromatic N) is 5. The Hall–Kier alpha value is -2.43. The van der Waals surface area contributed by atoms with Gasteiger partial charge in [-0.25, -0.2) is 4.79 Å². The second-order valence-corrected chi connectivity index (χ2v) is 9.12. The molecule has 170 valence electrons. The van der Waals surface area contributed by atoms with Crippen LogP contribution in [0.5, 0.6) is 0 Å². The number of fused-ring (bicyclic) bond motifs is 1. The summed E-state index contributed by atoms with van der Waals surface area (Å²) in [6.07, 6.45) is 3.54. The molecule has 0 unspecified atom stereocenters. The maximum absolute atomic E-state index is 13.0. The Bertz CT molecular complexity index is 1370. The highest BCUT2D eigenvalue weighted by Crippen LogP contribution is 2.35. The van der Waals surface area contributed by atoms with Crippen molar-refractivity contribution in [2.24, 2.45) is 0 Å². The molecule has 12 heteroatoms. The number of aryl methyl sites for hydroxylation is 3. The van der Waals surface area contributed by atoms with Gasteiger partial charge in [-0.1, -0.05) is 30.1 Å². The minimum Gasteiger partial charge on any atom is -0.333 e. The van der Waals surface area contributed by atoms with Crippen molar-refractivity contribution in [3.8, 4) is 10.8 Å². The second kappa shape index (κ2) is 9.60. The van der Waals surface area contributed by atoms with Gasteiger partial charge < -0.3 is 9.51 Å². The number of nitrogens with one attached hydrogen (secondary N) is 1. The summed E-state index contributed by atoms with van der Waals surface area (Å²) in [5, 5.41) is 6.67. The third kappa shape index (κ3) is 4.39. The summed E-state index contributed by atoms with van der Waals surface area (Å²) in [5.74, 6) is 0.963. The number of imidazole rings is 1. The molecule has 4 aromatic heterocycles. The molecule has 0 aliphatic heterocycles. The monoisotopic (exact) mass is 496 g/mol. The van der Waals surface area contributed by atoms with E-state index in [1.807, 2.05) is 19.2 Å². The quantitative estimate of drug-likeness (QED) is 0.270. The number of H-pyrrole nitrogens is 1. The normalized spacial score (nSPS) is 11.6. The van der Waals surface area contributed by atoms with Gasteiger partial charge in [0.05, 0.1) is 5.02 Å². The summed E-state index contributed by atoms with van der Waals surface area (Å²) in [4.78, 5) is 37.8. The first-order valence-electron chi connectivity index (χ1n) is 10.4. The van der Waals surface area contributed by atoms with Gasteiger partial charge in [-0.05, 0) is 48.7 Å². The maximum atomic E-state index is 13.0. The predicted molar refractivity (Wildman–Crippen MR) is 125 cm³/mol. The Balaban J connectivity index is 1.46. The summed E-state index contributed by atoms with van der Waals surface area (Å²) in [7, 11) is 0. The van der Waals surface area contributed by atoms with Crippen LogP contribution in [0.4, 0.5) is 0 Å². The topological polar surface area (TPSA) is 112 Å². The molecule has 4 heterocycles. The van der Waals surface area contributed by atoms with E-state index in [9.17, 15) is 9.59 Å². The molecule has 1 N–H and O–H groups in total. The van der Waals surface area contributed by atoms with Crippen LogP contribution >= 0.6 is 34.5 Å². The molecule has 0 spiro atoms. The van der Waals surface area contributed by atoms with E-state index in [0.717, 1.165) is 23.3 Å². The highest BCUT2D eigenvalue weighted by molar-refractivity contribution is 7.14. The third-order valence-corrected chi connectivity index (χ3v) is 7.03. The Labute approximate surface area is 197 Å². The molecule has 4 aromatic rings.